The van der Waals surface area contributed by atoms with Gasteiger partial charge in [0.2, 0.25) is 0 Å². The Bertz CT molecular complexity index is 3040. The maximum Gasteiger partial charge on any atom is 0.338 e. The minimum absolute atomic E-state index is 0.0585. The smallest absolute Gasteiger partial charge is 0.338 e. The lowest BCUT2D eigenvalue weighted by Crippen LogP contribution is -2.65. The van der Waals surface area contributed by atoms with E-state index < -0.39 is 98.2 Å². The lowest BCUT2D eigenvalue weighted by atomic mass is 9.96. The largest absolute Gasteiger partial charge is 0.478 e. The molecule has 400 valence electrons. The minimum atomic E-state index is -1.67. The Morgan fingerprint density at radius 2 is 0.897 bits per heavy atom. The molecule has 3 fully saturated rings. The molecule has 0 spiro atoms. The highest BCUT2D eigenvalue weighted by molar-refractivity contribution is 5.91. The molecule has 1 N–H and O–H groups in total. The standard InChI is InChI=1S/C62H56O16/c63-56(64)47-34-20-19-33-46(47)37-70-62-55(77-59(67)44-29-15-5-16-30-44)53(76-58(66)43-27-13-4-14-28-43)51(75-57(65)42-25-11-3-12-26-42)49(74-62)39-72-61-54(69-36-41-23-9-2-10-24-41)52(68-35-40-21-7-1-8-22-40)50-48(73-61)38-71-60(78-50)45-31-17-6-18-32-45/h1-34,48-55,60-62H,35-39H2,(H,63,64)/t48-,49-,50-,51-,52+,53+,54+,55-,60-,61-,62-/m1/s1. The first-order chi connectivity index (χ1) is 38.3. The van der Waals surface area contributed by atoms with Gasteiger partial charge in [-0.15, -0.1) is 0 Å². The highest BCUT2D eigenvalue weighted by Gasteiger charge is 2.56. The summed E-state index contributed by atoms with van der Waals surface area (Å²) in [4.78, 5) is 55.3. The normalized spacial score (nSPS) is 24.7. The molecule has 7 aromatic rings. The van der Waals surface area contributed by atoms with E-state index in [4.69, 9.17) is 52.1 Å². The molecule has 7 aromatic carbocycles. The Labute approximate surface area is 450 Å². The lowest BCUT2D eigenvalue weighted by Gasteiger charge is -2.49. The van der Waals surface area contributed by atoms with Crippen LogP contribution >= 0.6 is 0 Å². The van der Waals surface area contributed by atoms with Crippen molar-refractivity contribution in [3.63, 3.8) is 0 Å². The van der Waals surface area contributed by atoms with E-state index in [0.717, 1.165) is 16.7 Å². The van der Waals surface area contributed by atoms with Crippen molar-refractivity contribution >= 4 is 23.9 Å². The van der Waals surface area contributed by atoms with E-state index in [9.17, 15) is 24.3 Å². The number of hydrogen-bond acceptors (Lipinski definition) is 15. The zero-order chi connectivity index (χ0) is 53.6. The number of carboxylic acids is 1. The molecule has 0 bridgehead atoms. The predicted molar refractivity (Wildman–Crippen MR) is 278 cm³/mol. The van der Waals surface area contributed by atoms with Gasteiger partial charge in [-0.1, -0.05) is 164 Å². The number of carboxylic acid groups (broad SMARTS) is 1. The number of hydrogen-bond donors (Lipinski definition) is 1. The topological polar surface area (TPSA) is 190 Å². The first-order valence-electron chi connectivity index (χ1n) is 25.5. The Morgan fingerprint density at radius 3 is 1.45 bits per heavy atom. The van der Waals surface area contributed by atoms with Gasteiger partial charge < -0.3 is 57.2 Å². The van der Waals surface area contributed by atoms with Crippen LogP contribution < -0.4 is 0 Å². The highest BCUT2D eigenvalue weighted by atomic mass is 16.8. The number of carbonyl (C=O) groups is 4. The van der Waals surface area contributed by atoms with Crippen LogP contribution in [-0.4, -0.2) is 104 Å². The molecule has 3 aliphatic rings. The van der Waals surface area contributed by atoms with Gasteiger partial charge >= 0.3 is 23.9 Å². The Hall–Kier alpha value is -7.90. The third kappa shape index (κ3) is 13.3. The van der Waals surface area contributed by atoms with Gasteiger partial charge in [-0.3, -0.25) is 0 Å². The summed E-state index contributed by atoms with van der Waals surface area (Å²) in [5.41, 5.74) is 3.13. The van der Waals surface area contributed by atoms with E-state index in [1.54, 1.807) is 84.9 Å². The molecule has 3 heterocycles. The zero-order valence-corrected chi connectivity index (χ0v) is 42.1. The fourth-order valence-electron chi connectivity index (χ4n) is 9.42. The summed E-state index contributed by atoms with van der Waals surface area (Å²) < 4.78 is 72.4. The van der Waals surface area contributed by atoms with Crippen molar-refractivity contribution in [1.29, 1.82) is 0 Å². The predicted octanol–water partition coefficient (Wildman–Crippen LogP) is 9.33. The number of benzene rings is 7. The van der Waals surface area contributed by atoms with Gasteiger partial charge in [-0.25, -0.2) is 19.2 Å². The van der Waals surface area contributed by atoms with Crippen LogP contribution in [0.3, 0.4) is 0 Å². The van der Waals surface area contributed by atoms with Crippen molar-refractivity contribution in [1.82, 2.24) is 0 Å². The number of ether oxygens (including phenoxy) is 11. The van der Waals surface area contributed by atoms with Gasteiger partial charge in [0.05, 0.1) is 55.3 Å². The van der Waals surface area contributed by atoms with Crippen molar-refractivity contribution in [3.8, 4) is 0 Å². The molecule has 10 rings (SSSR count). The van der Waals surface area contributed by atoms with E-state index in [1.807, 2.05) is 91.0 Å². The fourth-order valence-corrected chi connectivity index (χ4v) is 9.42. The second kappa shape index (κ2) is 26.0. The summed E-state index contributed by atoms with van der Waals surface area (Å²) in [6, 6.07) is 59.3. The van der Waals surface area contributed by atoms with E-state index in [0.29, 0.717) is 0 Å². The summed E-state index contributed by atoms with van der Waals surface area (Å²) in [6.07, 6.45) is -13.3. The minimum Gasteiger partial charge on any atom is -0.478 e. The summed E-state index contributed by atoms with van der Waals surface area (Å²) >= 11 is 0. The number of rotatable bonds is 20. The Morgan fingerprint density at radius 1 is 0.436 bits per heavy atom. The summed E-state index contributed by atoms with van der Waals surface area (Å²) in [6.45, 7) is -0.519. The van der Waals surface area contributed by atoms with Gasteiger partial charge in [0.1, 0.15) is 30.5 Å². The lowest BCUT2D eigenvalue weighted by molar-refractivity contribution is -0.378. The quantitative estimate of drug-likeness (QED) is 0.0561. The van der Waals surface area contributed by atoms with Crippen LogP contribution in [0.4, 0.5) is 0 Å². The molecule has 16 nitrogen and oxygen atoms in total. The first kappa shape index (κ1) is 53.5. The molecule has 0 unspecified atom stereocenters. The maximum absolute atomic E-state index is 14.4. The molecule has 0 aromatic heterocycles. The Balaban J connectivity index is 1.03. The second-order valence-electron chi connectivity index (χ2n) is 18.6. The molecular weight excluding hydrogens is 1000 g/mol. The molecule has 0 saturated carbocycles. The van der Waals surface area contributed by atoms with Gasteiger partial charge in [0, 0.05) is 5.56 Å². The molecule has 3 aliphatic heterocycles. The van der Waals surface area contributed by atoms with Crippen molar-refractivity contribution in [2.75, 3.05) is 13.2 Å². The summed E-state index contributed by atoms with van der Waals surface area (Å²) in [5, 5.41) is 10.1. The van der Waals surface area contributed by atoms with Crippen LogP contribution in [0.2, 0.25) is 0 Å². The average molecular weight is 1060 g/mol. The maximum atomic E-state index is 14.4. The Kier molecular flexibility index (Phi) is 17.8. The van der Waals surface area contributed by atoms with E-state index in [1.165, 1.54) is 30.3 Å². The fraction of sp³-hybridized carbons (Fsp3) is 0.258. The van der Waals surface area contributed by atoms with Crippen molar-refractivity contribution < 1.29 is 76.4 Å². The van der Waals surface area contributed by atoms with Crippen molar-refractivity contribution in [2.24, 2.45) is 0 Å². The molecule has 3 saturated heterocycles. The average Bonchev–Trinajstić information content (AvgIpc) is 3.63. The molecule has 11 atom stereocenters. The molecule has 0 radical (unpaired) electrons. The number of fused-ring (bicyclic) bond motifs is 1. The van der Waals surface area contributed by atoms with Crippen LogP contribution in [0.25, 0.3) is 0 Å². The van der Waals surface area contributed by atoms with Crippen LogP contribution in [0, 0.1) is 0 Å². The SMILES string of the molecule is O=C(O[C@@H]1[C@@H](OC(=O)c2ccccc2)[C@H](OCc2ccccc2C(=O)O)O[C@H](CO[C@@H]2O[C@@H]3CO[C@@H](c4ccccc4)O[C@H]3[C@H](OCc3ccccc3)[C@@H]2OCc2ccccc2)[C@H]1OC(=O)c1ccccc1)c1ccccc1. The van der Waals surface area contributed by atoms with Crippen LogP contribution in [0.5, 0.6) is 0 Å². The third-order valence-corrected chi connectivity index (χ3v) is 13.4. The van der Waals surface area contributed by atoms with Gasteiger partial charge in [0.25, 0.3) is 0 Å². The molecule has 16 heteroatoms. The van der Waals surface area contributed by atoms with Gasteiger partial charge in [-0.05, 0) is 59.2 Å². The van der Waals surface area contributed by atoms with Gasteiger partial charge in [-0.2, -0.15) is 0 Å². The highest BCUT2D eigenvalue weighted by Crippen LogP contribution is 2.39. The molecule has 0 aliphatic carbocycles. The van der Waals surface area contributed by atoms with Crippen LogP contribution in [0.1, 0.15) is 70.0 Å². The molecular formula is C62H56O16. The van der Waals surface area contributed by atoms with Crippen molar-refractivity contribution in [3.05, 3.63) is 251 Å². The van der Waals surface area contributed by atoms with Crippen molar-refractivity contribution in [2.45, 2.75) is 87.5 Å². The summed E-state index contributed by atoms with van der Waals surface area (Å²) in [5.74, 6) is -3.77. The number of esters is 3. The number of carbonyl (C=O) groups excluding carboxylic acids is 3. The summed E-state index contributed by atoms with van der Waals surface area (Å²) in [7, 11) is 0. The van der Waals surface area contributed by atoms with E-state index >= 15 is 0 Å². The monoisotopic (exact) mass is 1060 g/mol. The van der Waals surface area contributed by atoms with Crippen LogP contribution in [-0.2, 0) is 71.9 Å². The van der Waals surface area contributed by atoms with Crippen LogP contribution in [0.15, 0.2) is 206 Å². The van der Waals surface area contributed by atoms with E-state index in [-0.39, 0.29) is 54.2 Å². The molecule has 0 amide bonds. The second-order valence-corrected chi connectivity index (χ2v) is 18.6. The third-order valence-electron chi connectivity index (χ3n) is 13.4. The van der Waals surface area contributed by atoms with Gasteiger partial charge in [0.15, 0.2) is 37.2 Å². The number of aromatic carboxylic acids is 1. The van der Waals surface area contributed by atoms with E-state index in [2.05, 4.69) is 0 Å². The zero-order valence-electron chi connectivity index (χ0n) is 42.1. The molecule has 78 heavy (non-hydrogen) atoms. The first-order valence-corrected chi connectivity index (χ1v) is 25.5.